The molecule has 0 fully saturated rings. The first-order chi connectivity index (χ1) is 9.22. The van der Waals surface area contributed by atoms with E-state index in [9.17, 15) is 5.21 Å². The fourth-order valence-corrected chi connectivity index (χ4v) is 2.56. The van der Waals surface area contributed by atoms with Crippen LogP contribution in [0.3, 0.4) is 0 Å². The van der Waals surface area contributed by atoms with Crippen LogP contribution in [0.2, 0.25) is 0 Å². The van der Waals surface area contributed by atoms with Crippen LogP contribution < -0.4 is 0 Å². The zero-order valence-electron chi connectivity index (χ0n) is 13.6. The summed E-state index contributed by atoms with van der Waals surface area (Å²) in [6.45, 7) is 6.88. The van der Waals surface area contributed by atoms with E-state index in [4.69, 9.17) is 0 Å². The van der Waals surface area contributed by atoms with Gasteiger partial charge in [0.05, 0.1) is 0 Å². The van der Waals surface area contributed by atoms with Crippen LogP contribution >= 0.6 is 0 Å². The summed E-state index contributed by atoms with van der Waals surface area (Å²) in [5, 5.41) is 12.5. The van der Waals surface area contributed by atoms with Crippen LogP contribution in [0.15, 0.2) is 0 Å². The Morgan fingerprint density at radius 1 is 0.737 bits per heavy atom. The van der Waals surface area contributed by atoms with Gasteiger partial charge in [0.25, 0.3) is 0 Å². The second-order valence-electron chi connectivity index (χ2n) is 5.91. The Bertz CT molecular complexity index is 173. The standard InChI is InChI=1S/C17H36NO/c1-4-6-7-8-9-10-11-12-13-14-15-16-17(3)18(19)5-2/h17H,4-16H2,1-3H3/q-1. The van der Waals surface area contributed by atoms with Gasteiger partial charge in [0.15, 0.2) is 0 Å². The van der Waals surface area contributed by atoms with E-state index in [1.165, 1.54) is 75.7 Å². The zero-order valence-corrected chi connectivity index (χ0v) is 13.6. The van der Waals surface area contributed by atoms with E-state index >= 15 is 0 Å². The van der Waals surface area contributed by atoms with Crippen molar-refractivity contribution in [1.82, 2.24) is 5.06 Å². The van der Waals surface area contributed by atoms with Crippen LogP contribution in [-0.2, 0) is 0 Å². The van der Waals surface area contributed by atoms with Crippen LogP contribution in [0.4, 0.5) is 0 Å². The summed E-state index contributed by atoms with van der Waals surface area (Å²) < 4.78 is 0. The molecule has 0 bridgehead atoms. The number of hydrogen-bond acceptors (Lipinski definition) is 2. The molecule has 0 aliphatic heterocycles. The van der Waals surface area contributed by atoms with Crippen LogP contribution in [0, 0.1) is 5.21 Å². The smallest absolute Gasteiger partial charge is 0.00551 e. The van der Waals surface area contributed by atoms with E-state index < -0.39 is 0 Å². The second-order valence-corrected chi connectivity index (χ2v) is 5.91. The average Bonchev–Trinajstić information content (AvgIpc) is 2.43. The number of rotatable bonds is 14. The Morgan fingerprint density at radius 3 is 1.58 bits per heavy atom. The van der Waals surface area contributed by atoms with Crippen LogP contribution in [-0.4, -0.2) is 17.6 Å². The molecular weight excluding hydrogens is 234 g/mol. The Kier molecular flexibility index (Phi) is 14.3. The molecule has 0 aromatic rings. The zero-order chi connectivity index (χ0) is 14.3. The van der Waals surface area contributed by atoms with Crippen molar-refractivity contribution in [3.63, 3.8) is 0 Å². The van der Waals surface area contributed by atoms with Crippen molar-refractivity contribution >= 4 is 0 Å². The highest BCUT2D eigenvalue weighted by atomic mass is 16.5. The molecule has 0 amide bonds. The van der Waals surface area contributed by atoms with Gasteiger partial charge in [-0.15, -0.1) is 0 Å². The first kappa shape index (κ1) is 18.9. The number of hydroxylamine groups is 2. The SMILES string of the molecule is CCCCCCCCCCCCCC(C)N([O-])CC. The van der Waals surface area contributed by atoms with Crippen LogP contribution in [0.25, 0.3) is 0 Å². The normalized spacial score (nSPS) is 13.1. The molecule has 2 heteroatoms. The topological polar surface area (TPSA) is 26.3 Å². The van der Waals surface area contributed by atoms with Gasteiger partial charge < -0.3 is 10.3 Å². The fraction of sp³-hybridized carbons (Fsp3) is 1.00. The van der Waals surface area contributed by atoms with E-state index in [2.05, 4.69) is 6.92 Å². The molecule has 0 aliphatic carbocycles. The summed E-state index contributed by atoms with van der Waals surface area (Å²) in [5.41, 5.74) is 0. The van der Waals surface area contributed by atoms with Gasteiger partial charge in [0, 0.05) is 0 Å². The number of unbranched alkanes of at least 4 members (excludes halogenated alkanes) is 10. The molecule has 1 unspecified atom stereocenters. The van der Waals surface area contributed by atoms with E-state index in [-0.39, 0.29) is 6.04 Å². The van der Waals surface area contributed by atoms with Gasteiger partial charge >= 0.3 is 0 Å². The third kappa shape index (κ3) is 12.7. The van der Waals surface area contributed by atoms with Crippen molar-refractivity contribution in [2.75, 3.05) is 6.54 Å². The first-order valence-electron chi connectivity index (χ1n) is 8.66. The van der Waals surface area contributed by atoms with Gasteiger partial charge in [-0.25, -0.2) is 0 Å². The lowest BCUT2D eigenvalue weighted by Crippen LogP contribution is -2.26. The lowest BCUT2D eigenvalue weighted by Gasteiger charge is -2.33. The minimum Gasteiger partial charge on any atom is -0.785 e. The van der Waals surface area contributed by atoms with Crippen molar-refractivity contribution in [2.45, 2.75) is 104 Å². The molecule has 0 heterocycles. The quantitative estimate of drug-likeness (QED) is 0.290. The summed E-state index contributed by atoms with van der Waals surface area (Å²) in [4.78, 5) is 0. The van der Waals surface area contributed by atoms with Gasteiger partial charge in [-0.2, -0.15) is 0 Å². The summed E-state index contributed by atoms with van der Waals surface area (Å²) >= 11 is 0. The highest BCUT2D eigenvalue weighted by Crippen LogP contribution is 2.13. The third-order valence-electron chi connectivity index (χ3n) is 4.03. The van der Waals surface area contributed by atoms with Crippen LogP contribution in [0.1, 0.15) is 97.8 Å². The molecule has 0 saturated carbocycles. The third-order valence-corrected chi connectivity index (χ3v) is 4.03. The summed E-state index contributed by atoms with van der Waals surface area (Å²) in [5.74, 6) is 0. The van der Waals surface area contributed by atoms with Crippen molar-refractivity contribution < 1.29 is 0 Å². The van der Waals surface area contributed by atoms with E-state index in [1.54, 1.807) is 0 Å². The molecule has 116 valence electrons. The largest absolute Gasteiger partial charge is 0.785 e. The molecule has 0 aromatic carbocycles. The minimum atomic E-state index is 0.212. The summed E-state index contributed by atoms with van der Waals surface area (Å²) in [6, 6.07) is 0.212. The monoisotopic (exact) mass is 270 g/mol. The molecule has 0 radical (unpaired) electrons. The minimum absolute atomic E-state index is 0.212. The van der Waals surface area contributed by atoms with Crippen molar-refractivity contribution in [1.29, 1.82) is 0 Å². The predicted molar refractivity (Wildman–Crippen MR) is 86.3 cm³/mol. The van der Waals surface area contributed by atoms with Crippen LogP contribution in [0.5, 0.6) is 0 Å². The van der Waals surface area contributed by atoms with Gasteiger partial charge in [0.1, 0.15) is 0 Å². The molecule has 2 nitrogen and oxygen atoms in total. The molecule has 1 atom stereocenters. The maximum absolute atomic E-state index is 11.3. The lowest BCUT2D eigenvalue weighted by molar-refractivity contribution is 0.287. The Labute approximate surface area is 121 Å². The maximum atomic E-state index is 11.3. The Hall–Kier alpha value is -0.0800. The van der Waals surface area contributed by atoms with E-state index in [0.717, 1.165) is 6.42 Å². The van der Waals surface area contributed by atoms with Crippen molar-refractivity contribution in [3.8, 4) is 0 Å². The lowest BCUT2D eigenvalue weighted by atomic mass is 10.0. The maximum Gasteiger partial charge on any atom is -0.00551 e. The average molecular weight is 270 g/mol. The highest BCUT2D eigenvalue weighted by molar-refractivity contribution is 4.65. The molecule has 0 aromatic heterocycles. The van der Waals surface area contributed by atoms with Gasteiger partial charge in [-0.3, -0.25) is 0 Å². The molecule has 19 heavy (non-hydrogen) atoms. The molecule has 0 spiro atoms. The number of nitrogens with zero attached hydrogens (tertiary/aromatic N) is 1. The second kappa shape index (κ2) is 14.3. The van der Waals surface area contributed by atoms with Gasteiger partial charge in [0.2, 0.25) is 0 Å². The van der Waals surface area contributed by atoms with E-state index in [1.807, 2.05) is 13.8 Å². The van der Waals surface area contributed by atoms with Gasteiger partial charge in [-0.05, 0) is 19.0 Å². The Morgan fingerprint density at radius 2 is 1.16 bits per heavy atom. The summed E-state index contributed by atoms with van der Waals surface area (Å²) in [6.07, 6.45) is 16.2. The van der Waals surface area contributed by atoms with Crippen molar-refractivity contribution in [3.05, 3.63) is 5.21 Å². The molecule has 0 rings (SSSR count). The molecule has 0 N–H and O–H groups in total. The van der Waals surface area contributed by atoms with Crippen molar-refractivity contribution in [2.24, 2.45) is 0 Å². The fourth-order valence-electron chi connectivity index (χ4n) is 2.56. The molecule has 0 aliphatic rings. The number of hydrogen-bond donors (Lipinski definition) is 0. The molecule has 0 saturated heterocycles. The molecular formula is C17H36NO-. The first-order valence-corrected chi connectivity index (χ1v) is 8.66. The Balaban J connectivity index is 3.10. The highest BCUT2D eigenvalue weighted by Gasteiger charge is 2.01. The van der Waals surface area contributed by atoms with E-state index in [0.29, 0.717) is 6.54 Å². The predicted octanol–water partition coefficient (Wildman–Crippen LogP) is 5.90. The van der Waals surface area contributed by atoms with Gasteiger partial charge in [-0.1, -0.05) is 91.4 Å². The summed E-state index contributed by atoms with van der Waals surface area (Å²) in [7, 11) is 0.